The van der Waals surface area contributed by atoms with E-state index >= 15 is 0 Å². The smallest absolute Gasteiger partial charge is 0.265 e. The summed E-state index contributed by atoms with van der Waals surface area (Å²) >= 11 is 0. The van der Waals surface area contributed by atoms with Crippen LogP contribution in [0.2, 0.25) is 0 Å². The number of anilines is 3. The molecule has 4 heterocycles. The largest absolute Gasteiger partial charge is 0.349 e. The van der Waals surface area contributed by atoms with Crippen LogP contribution >= 0.6 is 0 Å². The molecule has 2 aliphatic rings. The molecule has 0 atom stereocenters. The standard InChI is InChI=1S/C28H34N10O/c1-28(13-16-37(17-14-28)36-25(39)20-8-3-2-4-9-20)34-26-30-19-23-24(33-26)38(35-21-10-5-6-11-21)27(32-23)31-22-12-7-15-29-18-22/h2-4,7-9,12,15,18-19,21,35H,5-6,10-11,13-14,16-17H2,1H3,(H,31,32)(H,36,39)(H,30,33,34). The molecule has 1 aromatic carbocycles. The van der Waals surface area contributed by atoms with Gasteiger partial charge in [0.2, 0.25) is 11.9 Å². The van der Waals surface area contributed by atoms with Crippen molar-refractivity contribution in [3.05, 3.63) is 66.6 Å². The highest BCUT2D eigenvalue weighted by Crippen LogP contribution is 2.27. The molecule has 0 spiro atoms. The fourth-order valence-corrected chi connectivity index (χ4v) is 5.25. The number of nitrogens with zero attached hydrogens (tertiary/aromatic N) is 6. The van der Waals surface area contributed by atoms with Crippen molar-refractivity contribution < 1.29 is 4.79 Å². The molecule has 1 saturated heterocycles. The number of amides is 1. The van der Waals surface area contributed by atoms with Crippen molar-refractivity contribution >= 4 is 34.7 Å². The fraction of sp³-hybridized carbons (Fsp3) is 0.393. The summed E-state index contributed by atoms with van der Waals surface area (Å²) < 4.78 is 1.95. The van der Waals surface area contributed by atoms with Gasteiger partial charge in [-0.15, -0.1) is 0 Å². The molecule has 1 aliphatic heterocycles. The maximum Gasteiger partial charge on any atom is 0.265 e. The van der Waals surface area contributed by atoms with Crippen LogP contribution in [-0.4, -0.2) is 60.2 Å². The number of piperidine rings is 1. The topological polar surface area (TPSA) is 125 Å². The highest BCUT2D eigenvalue weighted by atomic mass is 16.2. The summed E-state index contributed by atoms with van der Waals surface area (Å²) in [6, 6.07) is 13.5. The lowest BCUT2D eigenvalue weighted by Crippen LogP contribution is -2.53. The molecule has 1 aliphatic carbocycles. The Morgan fingerprint density at radius 2 is 1.79 bits per heavy atom. The lowest BCUT2D eigenvalue weighted by molar-refractivity contribution is 0.0699. The molecule has 3 aromatic heterocycles. The molecule has 11 nitrogen and oxygen atoms in total. The van der Waals surface area contributed by atoms with Crippen LogP contribution in [0.1, 0.15) is 55.8 Å². The quantitative estimate of drug-likeness (QED) is 0.269. The molecular weight excluding hydrogens is 492 g/mol. The van der Waals surface area contributed by atoms with Gasteiger partial charge >= 0.3 is 0 Å². The van der Waals surface area contributed by atoms with Gasteiger partial charge in [0.15, 0.2) is 5.65 Å². The Labute approximate surface area is 227 Å². The third-order valence-electron chi connectivity index (χ3n) is 7.56. The Bertz CT molecular complexity index is 1410. The zero-order valence-corrected chi connectivity index (χ0v) is 22.1. The fourth-order valence-electron chi connectivity index (χ4n) is 5.25. The van der Waals surface area contributed by atoms with E-state index in [1.165, 1.54) is 12.8 Å². The van der Waals surface area contributed by atoms with E-state index in [9.17, 15) is 4.79 Å². The number of rotatable bonds is 8. The molecule has 0 bridgehead atoms. The minimum atomic E-state index is -0.206. The number of nitrogens with one attached hydrogen (secondary N) is 4. The van der Waals surface area contributed by atoms with Crippen LogP contribution in [0.5, 0.6) is 0 Å². The van der Waals surface area contributed by atoms with Crippen LogP contribution in [0.15, 0.2) is 61.1 Å². The Morgan fingerprint density at radius 1 is 1.00 bits per heavy atom. The van der Waals surface area contributed by atoms with Crippen molar-refractivity contribution in [1.82, 2.24) is 35.0 Å². The number of benzene rings is 1. The molecule has 1 amide bonds. The molecule has 1 saturated carbocycles. The van der Waals surface area contributed by atoms with Crippen molar-refractivity contribution in [1.29, 1.82) is 0 Å². The van der Waals surface area contributed by atoms with E-state index < -0.39 is 0 Å². The molecule has 39 heavy (non-hydrogen) atoms. The molecule has 0 radical (unpaired) electrons. The second kappa shape index (κ2) is 10.9. The monoisotopic (exact) mass is 526 g/mol. The number of hydrogen-bond acceptors (Lipinski definition) is 9. The number of hydrazine groups is 1. The average Bonchev–Trinajstić information content (AvgIpc) is 3.59. The molecule has 202 valence electrons. The Kier molecular flexibility index (Phi) is 6.97. The van der Waals surface area contributed by atoms with E-state index in [0.29, 0.717) is 29.0 Å². The Morgan fingerprint density at radius 3 is 2.54 bits per heavy atom. The van der Waals surface area contributed by atoms with Gasteiger partial charge in [-0.05, 0) is 56.9 Å². The molecule has 4 N–H and O–H groups in total. The van der Waals surface area contributed by atoms with E-state index in [-0.39, 0.29) is 11.4 Å². The minimum absolute atomic E-state index is 0.0836. The second-order valence-corrected chi connectivity index (χ2v) is 10.6. The summed E-state index contributed by atoms with van der Waals surface area (Å²) in [5.74, 6) is 1.14. The summed E-state index contributed by atoms with van der Waals surface area (Å²) in [6.45, 7) is 3.63. The van der Waals surface area contributed by atoms with Gasteiger partial charge in [0.05, 0.1) is 18.1 Å². The zero-order chi connectivity index (χ0) is 26.7. The highest BCUT2D eigenvalue weighted by Gasteiger charge is 2.32. The third-order valence-corrected chi connectivity index (χ3v) is 7.56. The number of carbonyl (C=O) groups is 1. The SMILES string of the molecule is CC1(Nc2ncc3nc(Nc4cccnc4)n(NC4CCCC4)c3n2)CCN(NC(=O)c2ccccc2)CC1. The highest BCUT2D eigenvalue weighted by molar-refractivity contribution is 5.93. The van der Waals surface area contributed by atoms with Gasteiger partial charge in [-0.25, -0.2) is 19.7 Å². The van der Waals surface area contributed by atoms with Gasteiger partial charge in [-0.2, -0.15) is 4.98 Å². The first kappa shape index (κ1) is 25.1. The lowest BCUT2D eigenvalue weighted by Gasteiger charge is -2.39. The van der Waals surface area contributed by atoms with Crippen molar-refractivity contribution in [3.8, 4) is 0 Å². The first-order chi connectivity index (χ1) is 19.0. The predicted octanol–water partition coefficient (Wildman–Crippen LogP) is 4.06. The van der Waals surface area contributed by atoms with E-state index in [0.717, 1.165) is 50.1 Å². The summed E-state index contributed by atoms with van der Waals surface area (Å²) in [7, 11) is 0. The molecule has 6 rings (SSSR count). The molecule has 4 aromatic rings. The number of hydrogen-bond donors (Lipinski definition) is 4. The van der Waals surface area contributed by atoms with Crippen LogP contribution in [-0.2, 0) is 0 Å². The van der Waals surface area contributed by atoms with Crippen molar-refractivity contribution in [3.63, 3.8) is 0 Å². The van der Waals surface area contributed by atoms with Crippen LogP contribution in [0.25, 0.3) is 11.2 Å². The normalized spacial score (nSPS) is 17.7. The van der Waals surface area contributed by atoms with E-state index in [1.807, 2.05) is 52.1 Å². The predicted molar refractivity (Wildman–Crippen MR) is 151 cm³/mol. The van der Waals surface area contributed by atoms with Gasteiger partial charge in [0.1, 0.15) is 5.52 Å². The summed E-state index contributed by atoms with van der Waals surface area (Å²) in [4.78, 5) is 31.0. The number of carbonyl (C=O) groups excluding carboxylic acids is 1. The van der Waals surface area contributed by atoms with Gasteiger partial charge in [-0.1, -0.05) is 31.0 Å². The summed E-state index contributed by atoms with van der Waals surface area (Å²) in [5.41, 5.74) is 9.41. The van der Waals surface area contributed by atoms with Gasteiger partial charge < -0.3 is 16.1 Å². The number of imidazole rings is 1. The number of aromatic nitrogens is 5. The maximum absolute atomic E-state index is 12.6. The van der Waals surface area contributed by atoms with Crippen LogP contribution < -0.4 is 21.5 Å². The van der Waals surface area contributed by atoms with Crippen LogP contribution in [0.4, 0.5) is 17.6 Å². The maximum atomic E-state index is 12.6. The summed E-state index contributed by atoms with van der Waals surface area (Å²) in [6.07, 6.45) is 11.6. The van der Waals surface area contributed by atoms with Gasteiger partial charge in [0, 0.05) is 36.4 Å². The third kappa shape index (κ3) is 5.78. The van der Waals surface area contributed by atoms with E-state index in [2.05, 4.69) is 38.4 Å². The molecule has 0 unspecified atom stereocenters. The van der Waals surface area contributed by atoms with Gasteiger partial charge in [-0.3, -0.25) is 15.2 Å². The van der Waals surface area contributed by atoms with Crippen molar-refractivity contribution in [2.75, 3.05) is 29.1 Å². The van der Waals surface area contributed by atoms with Crippen molar-refractivity contribution in [2.45, 2.75) is 57.0 Å². The second-order valence-electron chi connectivity index (χ2n) is 10.6. The van der Waals surface area contributed by atoms with Crippen molar-refractivity contribution in [2.24, 2.45) is 0 Å². The van der Waals surface area contributed by atoms with E-state index in [4.69, 9.17) is 9.97 Å². The molecular formula is C28H34N10O. The van der Waals surface area contributed by atoms with Gasteiger partial charge in [0.25, 0.3) is 5.91 Å². The Hall–Kier alpha value is -4.25. The van der Waals surface area contributed by atoms with Crippen LogP contribution in [0.3, 0.4) is 0 Å². The molecule has 2 fully saturated rings. The Balaban J connectivity index is 1.17. The van der Waals surface area contributed by atoms with E-state index in [1.54, 1.807) is 18.6 Å². The first-order valence-electron chi connectivity index (χ1n) is 13.6. The lowest BCUT2D eigenvalue weighted by atomic mass is 9.90. The number of fused-ring (bicyclic) bond motifs is 1. The average molecular weight is 527 g/mol. The van der Waals surface area contributed by atoms with Crippen LogP contribution in [0, 0.1) is 0 Å². The molecule has 11 heteroatoms. The zero-order valence-electron chi connectivity index (χ0n) is 22.1. The summed E-state index contributed by atoms with van der Waals surface area (Å²) in [5, 5.41) is 8.93. The minimum Gasteiger partial charge on any atom is -0.349 e. The first-order valence-corrected chi connectivity index (χ1v) is 13.6. The number of pyridine rings is 1.